The number of hydrogen-bond donors (Lipinski definition) is 0. The maximum absolute atomic E-state index is 8.96. The van der Waals surface area contributed by atoms with E-state index in [-0.39, 0.29) is 29.9 Å². The summed E-state index contributed by atoms with van der Waals surface area (Å²) in [5.41, 5.74) is 11.1. The number of furan rings is 1. The van der Waals surface area contributed by atoms with Crippen molar-refractivity contribution >= 4 is 109 Å². The highest BCUT2D eigenvalue weighted by molar-refractivity contribution is 7.25. The Kier molecular flexibility index (Phi) is 7.54. The Morgan fingerprint density at radius 1 is 0.369 bits per heavy atom. The number of para-hydroxylation sites is 4. The summed E-state index contributed by atoms with van der Waals surface area (Å²) in [6.07, 6.45) is 0. The molecule has 0 saturated carbocycles. The first-order valence-corrected chi connectivity index (χ1v) is 22.4. The zero-order chi connectivity index (χ0) is 47.2. The Morgan fingerprint density at radius 2 is 0.954 bits per heavy atom. The third-order valence-electron chi connectivity index (χ3n) is 12.4. The van der Waals surface area contributed by atoms with E-state index in [1.807, 2.05) is 47.0 Å². The molecule has 0 aliphatic carbocycles. The molecule has 306 valence electrons. The predicted octanol–water partition coefficient (Wildman–Crippen LogP) is 17.7. The summed E-state index contributed by atoms with van der Waals surface area (Å²) in [7, 11) is 0. The molecular formula is C60H39N3OS. The molecule has 10 aromatic carbocycles. The predicted molar refractivity (Wildman–Crippen MR) is 276 cm³/mol. The minimum Gasteiger partial charge on any atom is -0.456 e. The summed E-state index contributed by atoms with van der Waals surface area (Å²) < 4.78 is 53.9. The Labute approximate surface area is 386 Å². The van der Waals surface area contributed by atoms with Crippen molar-refractivity contribution in [1.82, 2.24) is 4.57 Å². The van der Waals surface area contributed by atoms with E-state index in [1.54, 1.807) is 11.3 Å². The van der Waals surface area contributed by atoms with Crippen molar-refractivity contribution in [3.05, 3.63) is 236 Å². The fraction of sp³-hybridized carbons (Fsp3) is 0. The number of fused-ring (bicyclic) bond motifs is 9. The first-order chi connectivity index (χ1) is 34.3. The Bertz CT molecular complexity index is 4210. The smallest absolute Gasteiger partial charge is 0.135 e. The van der Waals surface area contributed by atoms with Gasteiger partial charge in [0.15, 0.2) is 0 Å². The normalized spacial score (nSPS) is 12.8. The van der Waals surface area contributed by atoms with Gasteiger partial charge >= 0.3 is 0 Å². The maximum atomic E-state index is 8.96. The second kappa shape index (κ2) is 15.2. The third kappa shape index (κ3) is 6.28. The summed E-state index contributed by atoms with van der Waals surface area (Å²) in [6.45, 7) is 0. The standard InChI is InChI=1S/C60H39N3OS/c1-3-16-42(17-4-1)61(44-20-13-15-40(35-44)41-29-32-50-49-23-7-10-26-55(49)63(56(50)36-41)43-18-5-2-6-19-43)45-21-14-22-46(37-45)62(47-31-34-58-54(38-47)51-24-8-11-27-57(51)64-58)48-30-33-53-52-25-9-12-28-59(52)65-60(53)39-48/h1-39H/i2D,5D,6D,18D,19D. The molecule has 3 heterocycles. The van der Waals surface area contributed by atoms with Crippen LogP contribution in [0.15, 0.2) is 241 Å². The van der Waals surface area contributed by atoms with Crippen molar-refractivity contribution in [2.24, 2.45) is 0 Å². The van der Waals surface area contributed by atoms with Crippen LogP contribution in [-0.2, 0) is 0 Å². The lowest BCUT2D eigenvalue weighted by Crippen LogP contribution is -2.13. The van der Waals surface area contributed by atoms with Gasteiger partial charge in [0.1, 0.15) is 11.2 Å². The molecule has 0 saturated heterocycles. The molecule has 13 rings (SSSR count). The van der Waals surface area contributed by atoms with E-state index in [1.165, 1.54) is 20.2 Å². The summed E-state index contributed by atoms with van der Waals surface area (Å²) in [5.74, 6) is 0. The zero-order valence-electron chi connectivity index (χ0n) is 39.8. The number of thiophene rings is 1. The average Bonchev–Trinajstić information content (AvgIpc) is 4.07. The highest BCUT2D eigenvalue weighted by Gasteiger charge is 2.21. The van der Waals surface area contributed by atoms with Gasteiger partial charge in [-0.15, -0.1) is 11.3 Å². The van der Waals surface area contributed by atoms with Gasteiger partial charge in [0.2, 0.25) is 0 Å². The van der Waals surface area contributed by atoms with Gasteiger partial charge in [-0.3, -0.25) is 0 Å². The van der Waals surface area contributed by atoms with Crippen LogP contribution in [0.4, 0.5) is 34.1 Å². The summed E-state index contributed by atoms with van der Waals surface area (Å²) >= 11 is 1.81. The molecule has 5 heteroatoms. The molecule has 0 radical (unpaired) electrons. The van der Waals surface area contributed by atoms with Crippen LogP contribution in [0.1, 0.15) is 6.85 Å². The molecule has 0 aliphatic rings. The van der Waals surface area contributed by atoms with E-state index in [4.69, 9.17) is 11.3 Å². The van der Waals surface area contributed by atoms with E-state index in [0.717, 1.165) is 89.0 Å². The minimum atomic E-state index is -0.420. The van der Waals surface area contributed by atoms with E-state index >= 15 is 0 Å². The van der Waals surface area contributed by atoms with Crippen molar-refractivity contribution in [3.8, 4) is 16.8 Å². The minimum absolute atomic E-state index is 0.119. The summed E-state index contributed by atoms with van der Waals surface area (Å²) in [5, 5.41) is 6.45. The topological polar surface area (TPSA) is 24.6 Å². The van der Waals surface area contributed by atoms with Crippen LogP contribution in [0.5, 0.6) is 0 Å². The van der Waals surface area contributed by atoms with Crippen LogP contribution in [0.2, 0.25) is 0 Å². The van der Waals surface area contributed by atoms with E-state index in [9.17, 15) is 0 Å². The first-order valence-electron chi connectivity index (χ1n) is 24.1. The van der Waals surface area contributed by atoms with Gasteiger partial charge in [0, 0.05) is 81.5 Å². The highest BCUT2D eigenvalue weighted by Crippen LogP contribution is 2.45. The lowest BCUT2D eigenvalue weighted by Gasteiger charge is -2.29. The Balaban J connectivity index is 0.967. The van der Waals surface area contributed by atoms with Crippen LogP contribution in [0.3, 0.4) is 0 Å². The number of nitrogens with zero attached hydrogens (tertiary/aromatic N) is 3. The second-order valence-corrected chi connectivity index (χ2v) is 17.3. The van der Waals surface area contributed by atoms with Gasteiger partial charge in [0.25, 0.3) is 0 Å². The van der Waals surface area contributed by atoms with Gasteiger partial charge < -0.3 is 18.8 Å². The third-order valence-corrected chi connectivity index (χ3v) is 13.6. The van der Waals surface area contributed by atoms with Crippen molar-refractivity contribution < 1.29 is 11.3 Å². The molecule has 13 aromatic rings. The molecule has 0 unspecified atom stereocenters. The number of hydrogen-bond acceptors (Lipinski definition) is 4. The van der Waals surface area contributed by atoms with Gasteiger partial charge in [0.05, 0.1) is 17.9 Å². The Morgan fingerprint density at radius 3 is 1.82 bits per heavy atom. The SMILES string of the molecule is [2H]c1c([2H])c([2H])c(-n2c3ccccc3c3ccc(-c4cccc(N(c5ccccc5)c5cccc(N(c6ccc7c(c6)sc6ccccc67)c6ccc7oc8ccccc8c7c6)c5)c4)cc32)c([2H])c1[2H]. The molecule has 65 heavy (non-hydrogen) atoms. The Hall–Kier alpha value is -8.38. The second-order valence-electron chi connectivity index (χ2n) is 16.2. The number of aromatic nitrogens is 1. The molecule has 0 spiro atoms. The summed E-state index contributed by atoms with van der Waals surface area (Å²) in [4.78, 5) is 4.60. The van der Waals surface area contributed by atoms with Gasteiger partial charge in [-0.05, 0) is 120 Å². The highest BCUT2D eigenvalue weighted by atomic mass is 32.1. The van der Waals surface area contributed by atoms with E-state index < -0.39 is 6.04 Å². The van der Waals surface area contributed by atoms with Gasteiger partial charge in [-0.25, -0.2) is 0 Å². The molecule has 4 nitrogen and oxygen atoms in total. The van der Waals surface area contributed by atoms with Crippen molar-refractivity contribution in [3.63, 3.8) is 0 Å². The first kappa shape index (κ1) is 32.3. The molecular weight excluding hydrogens is 811 g/mol. The fourth-order valence-corrected chi connectivity index (χ4v) is 10.7. The van der Waals surface area contributed by atoms with E-state index in [2.05, 4.69) is 174 Å². The molecule has 0 fully saturated rings. The largest absolute Gasteiger partial charge is 0.456 e. The van der Waals surface area contributed by atoms with Gasteiger partial charge in [-0.1, -0.05) is 127 Å². The van der Waals surface area contributed by atoms with Crippen molar-refractivity contribution in [1.29, 1.82) is 0 Å². The van der Waals surface area contributed by atoms with Crippen LogP contribution in [-0.4, -0.2) is 4.57 Å². The van der Waals surface area contributed by atoms with Gasteiger partial charge in [-0.2, -0.15) is 0 Å². The lowest BCUT2D eigenvalue weighted by atomic mass is 10.0. The number of benzene rings is 10. The van der Waals surface area contributed by atoms with Crippen LogP contribution >= 0.6 is 11.3 Å². The van der Waals surface area contributed by atoms with Crippen molar-refractivity contribution in [2.75, 3.05) is 9.80 Å². The molecule has 0 aliphatic heterocycles. The average molecular weight is 855 g/mol. The molecule has 0 amide bonds. The lowest BCUT2D eigenvalue weighted by molar-refractivity contribution is 0.669. The molecule has 0 atom stereocenters. The van der Waals surface area contributed by atoms with Crippen LogP contribution in [0, 0.1) is 0 Å². The number of anilines is 6. The molecule has 3 aromatic heterocycles. The molecule has 0 N–H and O–H groups in total. The van der Waals surface area contributed by atoms with Crippen LogP contribution in [0.25, 0.3) is 80.7 Å². The van der Waals surface area contributed by atoms with E-state index in [0.29, 0.717) is 0 Å². The quantitative estimate of drug-likeness (QED) is 0.152. The summed E-state index contributed by atoms with van der Waals surface area (Å²) in [6, 6.07) is 69.9. The monoisotopic (exact) mass is 854 g/mol. The zero-order valence-corrected chi connectivity index (χ0v) is 35.6. The maximum Gasteiger partial charge on any atom is 0.135 e. The fourth-order valence-electron chi connectivity index (χ4n) is 9.52. The van der Waals surface area contributed by atoms with Crippen LogP contribution < -0.4 is 9.80 Å². The molecule has 0 bridgehead atoms. The van der Waals surface area contributed by atoms with Crippen molar-refractivity contribution in [2.45, 2.75) is 0 Å². The number of rotatable bonds is 8.